The molecule has 4 aliphatic carbocycles. The van der Waals surface area contributed by atoms with Gasteiger partial charge in [0.15, 0.2) is 0 Å². The summed E-state index contributed by atoms with van der Waals surface area (Å²) >= 11 is 0. The van der Waals surface area contributed by atoms with Crippen LogP contribution in [0.2, 0.25) is 0 Å². The van der Waals surface area contributed by atoms with Crippen molar-refractivity contribution in [3.63, 3.8) is 0 Å². The van der Waals surface area contributed by atoms with Crippen LogP contribution < -0.4 is 56.5 Å². The smallest absolute Gasteiger partial charge is 0.550 e. The summed E-state index contributed by atoms with van der Waals surface area (Å²) in [6.07, 6.45) is 15.7. The second-order valence-corrected chi connectivity index (χ2v) is 9.68. The minimum atomic E-state index is -0.863. The molecule has 0 amide bonds. The number of carboxylic acids is 1. The molecule has 0 aromatic carbocycles. The summed E-state index contributed by atoms with van der Waals surface area (Å²) in [5, 5.41) is 10.9. The molecule has 0 aromatic heterocycles. The number of aliphatic carboxylic acids is 1. The summed E-state index contributed by atoms with van der Waals surface area (Å²) in [4.78, 5) is 10.9. The van der Waals surface area contributed by atoms with Gasteiger partial charge in [-0.05, 0) is 105 Å². The topological polar surface area (TPSA) is 40.1 Å². The predicted molar refractivity (Wildman–Crippen MR) is 94.1 cm³/mol. The second kappa shape index (κ2) is 7.70. The molecule has 0 bridgehead atoms. The molecule has 4 aliphatic rings. The molecule has 25 heavy (non-hydrogen) atoms. The van der Waals surface area contributed by atoms with Crippen LogP contribution in [-0.2, 0) is 4.79 Å². The third kappa shape index (κ3) is 3.39. The van der Waals surface area contributed by atoms with E-state index in [0.717, 1.165) is 24.2 Å². The first kappa shape index (κ1) is 20.6. The fourth-order valence-electron chi connectivity index (χ4n) is 7.63. The Morgan fingerprint density at radius 2 is 1.96 bits per heavy atom. The molecule has 0 aliphatic heterocycles. The van der Waals surface area contributed by atoms with E-state index in [4.69, 9.17) is 0 Å². The zero-order valence-electron chi connectivity index (χ0n) is 16.5. The standard InChI is InChI=1S/C22H34O2.K/c1-21-13-4-3-5-15(21)6-9-17-18-10-7-16(8-11-20(23)24)22(18,2)14-12-19(17)21;/h5,16-19H,3-4,6-14H2,1-2H3,(H,23,24);/q;+1/p-1/t16-,17+,18+,19+,21+,22-;/m1./s1. The molecule has 0 heterocycles. The van der Waals surface area contributed by atoms with Crippen molar-refractivity contribution in [3.8, 4) is 0 Å². The Bertz CT molecular complexity index is 556. The van der Waals surface area contributed by atoms with Crippen LogP contribution in [0.3, 0.4) is 0 Å². The van der Waals surface area contributed by atoms with Crippen LogP contribution in [0.15, 0.2) is 11.6 Å². The Morgan fingerprint density at radius 1 is 1.16 bits per heavy atom. The molecular formula is C22H33KO2. The first-order chi connectivity index (χ1) is 11.4. The second-order valence-electron chi connectivity index (χ2n) is 9.68. The zero-order chi connectivity index (χ0) is 16.9. The maximum atomic E-state index is 10.9. The fraction of sp³-hybridized carbons (Fsp3) is 0.864. The molecule has 0 spiro atoms. The van der Waals surface area contributed by atoms with Crippen molar-refractivity contribution in [2.75, 3.05) is 0 Å². The Labute approximate surface area is 196 Å². The largest absolute Gasteiger partial charge is 1.00 e. The fourth-order valence-corrected chi connectivity index (χ4v) is 7.63. The molecule has 0 aromatic rings. The van der Waals surface area contributed by atoms with Crippen LogP contribution in [0, 0.1) is 34.5 Å². The average Bonchev–Trinajstić information content (AvgIpc) is 2.89. The SMILES string of the molecule is C[C@]12CC[C@H]3[C@@H](CCC4=CCCC[C@@]43C)[C@@H]1CC[C@@H]2CCC(=O)[O-].[K+]. The van der Waals surface area contributed by atoms with Gasteiger partial charge in [-0.25, -0.2) is 0 Å². The molecule has 4 rings (SSSR count). The van der Waals surface area contributed by atoms with E-state index in [1.165, 1.54) is 57.8 Å². The summed E-state index contributed by atoms with van der Waals surface area (Å²) in [5.74, 6) is 2.35. The van der Waals surface area contributed by atoms with Crippen molar-refractivity contribution >= 4 is 5.97 Å². The van der Waals surface area contributed by atoms with Crippen LogP contribution in [0.25, 0.3) is 0 Å². The summed E-state index contributed by atoms with van der Waals surface area (Å²) < 4.78 is 0. The third-order valence-corrected chi connectivity index (χ3v) is 8.92. The van der Waals surface area contributed by atoms with Crippen molar-refractivity contribution in [1.29, 1.82) is 0 Å². The summed E-state index contributed by atoms with van der Waals surface area (Å²) in [6, 6.07) is 0. The number of carbonyl (C=O) groups excluding carboxylic acids is 1. The molecule has 0 unspecified atom stereocenters. The van der Waals surface area contributed by atoms with Gasteiger partial charge in [-0.3, -0.25) is 0 Å². The van der Waals surface area contributed by atoms with E-state index < -0.39 is 5.97 Å². The summed E-state index contributed by atoms with van der Waals surface area (Å²) in [6.45, 7) is 5.06. The molecule has 6 atom stereocenters. The number of allylic oxidation sites excluding steroid dienone is 2. The maximum Gasteiger partial charge on any atom is 1.00 e. The van der Waals surface area contributed by atoms with Gasteiger partial charge in [-0.1, -0.05) is 25.5 Å². The first-order valence-corrected chi connectivity index (χ1v) is 10.3. The summed E-state index contributed by atoms with van der Waals surface area (Å²) in [5.41, 5.74) is 2.65. The van der Waals surface area contributed by atoms with E-state index >= 15 is 0 Å². The number of hydrogen-bond donors (Lipinski definition) is 0. The molecule has 0 radical (unpaired) electrons. The van der Waals surface area contributed by atoms with Crippen LogP contribution in [0.4, 0.5) is 0 Å². The molecule has 3 fully saturated rings. The number of fused-ring (bicyclic) bond motifs is 5. The molecule has 134 valence electrons. The van der Waals surface area contributed by atoms with Crippen molar-refractivity contribution in [1.82, 2.24) is 0 Å². The van der Waals surface area contributed by atoms with Gasteiger partial charge in [0.05, 0.1) is 0 Å². The van der Waals surface area contributed by atoms with Crippen molar-refractivity contribution < 1.29 is 61.3 Å². The third-order valence-electron chi connectivity index (χ3n) is 8.92. The number of carbonyl (C=O) groups is 1. The van der Waals surface area contributed by atoms with Gasteiger partial charge in [0, 0.05) is 5.97 Å². The molecule has 0 N–H and O–H groups in total. The first-order valence-electron chi connectivity index (χ1n) is 10.3. The van der Waals surface area contributed by atoms with Crippen LogP contribution >= 0.6 is 0 Å². The van der Waals surface area contributed by atoms with Gasteiger partial charge in [-0.15, -0.1) is 0 Å². The minimum Gasteiger partial charge on any atom is -0.550 e. The quantitative estimate of drug-likeness (QED) is 0.559. The van der Waals surface area contributed by atoms with E-state index in [0.29, 0.717) is 16.7 Å². The normalized spacial score (nSPS) is 45.4. The van der Waals surface area contributed by atoms with Crippen LogP contribution in [0.1, 0.15) is 84.5 Å². The molecule has 0 saturated heterocycles. The zero-order valence-corrected chi connectivity index (χ0v) is 19.6. The molecular weight excluding hydrogens is 335 g/mol. The predicted octanol–water partition coefficient (Wildman–Crippen LogP) is 1.49. The number of carboxylic acid groups (broad SMARTS) is 1. The minimum absolute atomic E-state index is 0. The van der Waals surface area contributed by atoms with Crippen molar-refractivity contribution in [2.45, 2.75) is 84.5 Å². The Hall–Kier alpha value is 0.846. The van der Waals surface area contributed by atoms with Crippen LogP contribution in [0.5, 0.6) is 0 Å². The van der Waals surface area contributed by atoms with Gasteiger partial charge in [-0.2, -0.15) is 0 Å². The number of rotatable bonds is 3. The maximum absolute atomic E-state index is 10.9. The van der Waals surface area contributed by atoms with Crippen LogP contribution in [-0.4, -0.2) is 5.97 Å². The Morgan fingerprint density at radius 3 is 2.72 bits per heavy atom. The van der Waals surface area contributed by atoms with Crippen molar-refractivity contribution in [2.24, 2.45) is 34.5 Å². The molecule has 2 nitrogen and oxygen atoms in total. The Kier molecular flexibility index (Phi) is 6.33. The van der Waals surface area contributed by atoms with Crippen molar-refractivity contribution in [3.05, 3.63) is 11.6 Å². The number of hydrogen-bond acceptors (Lipinski definition) is 2. The van der Waals surface area contributed by atoms with Gasteiger partial charge in [0.25, 0.3) is 0 Å². The molecule has 3 heteroatoms. The van der Waals surface area contributed by atoms with E-state index in [9.17, 15) is 9.90 Å². The van der Waals surface area contributed by atoms with E-state index in [1.54, 1.807) is 5.57 Å². The Balaban J connectivity index is 0.00000182. The van der Waals surface area contributed by atoms with Gasteiger partial charge in [0.1, 0.15) is 0 Å². The van der Waals surface area contributed by atoms with E-state index in [-0.39, 0.29) is 57.8 Å². The van der Waals surface area contributed by atoms with E-state index in [2.05, 4.69) is 19.9 Å². The van der Waals surface area contributed by atoms with Gasteiger partial charge >= 0.3 is 51.4 Å². The monoisotopic (exact) mass is 368 g/mol. The molecule has 3 saturated carbocycles. The summed E-state index contributed by atoms with van der Waals surface area (Å²) in [7, 11) is 0. The van der Waals surface area contributed by atoms with Gasteiger partial charge < -0.3 is 9.90 Å². The van der Waals surface area contributed by atoms with Gasteiger partial charge in [0.2, 0.25) is 0 Å². The average molecular weight is 369 g/mol. The van der Waals surface area contributed by atoms with E-state index in [1.807, 2.05) is 0 Å².